The molecule has 1 aliphatic heterocycles. The summed E-state index contributed by atoms with van der Waals surface area (Å²) in [5.41, 5.74) is 10.8. The molecule has 0 amide bonds. The van der Waals surface area contributed by atoms with E-state index in [1.54, 1.807) is 23.0 Å². The Kier molecular flexibility index (Phi) is 5.29. The molecule has 172 valence electrons. The van der Waals surface area contributed by atoms with Gasteiger partial charge in [-0.15, -0.1) is 0 Å². The molecule has 4 aromatic rings. The quantitative estimate of drug-likeness (QED) is 0.473. The van der Waals surface area contributed by atoms with Gasteiger partial charge in [-0.1, -0.05) is 0 Å². The standard InChI is InChI=1S/C23H25FN6O2S/c1-13-21(14(2)28-18-5-7-33(31,32)8-6-18)29-23-19(12-27-30(23)22(13)25)16-9-15-10-17(24)3-4-20(15)26-11-16/h3-4,9-12,14,18,28H,5-8,25H2,1-2H3. The predicted molar refractivity (Wildman–Crippen MR) is 126 cm³/mol. The third kappa shape index (κ3) is 4.04. The maximum Gasteiger partial charge on any atom is 0.165 e. The number of benzene rings is 1. The minimum atomic E-state index is -2.92. The molecule has 1 unspecified atom stereocenters. The third-order valence-corrected chi connectivity index (χ3v) is 8.09. The molecule has 0 bridgehead atoms. The first-order valence-electron chi connectivity index (χ1n) is 10.9. The summed E-state index contributed by atoms with van der Waals surface area (Å²) in [5.74, 6) is 0.568. The average Bonchev–Trinajstić information content (AvgIpc) is 3.21. The van der Waals surface area contributed by atoms with Crippen molar-refractivity contribution in [2.24, 2.45) is 0 Å². The fraction of sp³-hybridized carbons (Fsp3) is 0.348. The summed E-state index contributed by atoms with van der Waals surface area (Å²) in [6.07, 6.45) is 4.58. The molecule has 5 rings (SSSR count). The minimum absolute atomic E-state index is 0.103. The van der Waals surface area contributed by atoms with Gasteiger partial charge in [-0.25, -0.2) is 17.8 Å². The van der Waals surface area contributed by atoms with Gasteiger partial charge in [0.15, 0.2) is 5.65 Å². The van der Waals surface area contributed by atoms with Crippen molar-refractivity contribution in [3.05, 3.63) is 53.7 Å². The Hall–Kier alpha value is -3.11. The van der Waals surface area contributed by atoms with Gasteiger partial charge in [0.25, 0.3) is 0 Å². The number of hydrogen-bond donors (Lipinski definition) is 2. The molecular weight excluding hydrogens is 443 g/mol. The normalized spacial score (nSPS) is 17.5. The smallest absolute Gasteiger partial charge is 0.165 e. The van der Waals surface area contributed by atoms with Crippen LogP contribution in [-0.4, -0.2) is 45.5 Å². The van der Waals surface area contributed by atoms with Gasteiger partial charge in [0.2, 0.25) is 0 Å². The van der Waals surface area contributed by atoms with Gasteiger partial charge in [0.1, 0.15) is 21.5 Å². The zero-order valence-electron chi connectivity index (χ0n) is 18.4. The van der Waals surface area contributed by atoms with E-state index in [-0.39, 0.29) is 29.4 Å². The third-order valence-electron chi connectivity index (χ3n) is 6.37. The number of nitrogens with zero attached hydrogens (tertiary/aromatic N) is 4. The van der Waals surface area contributed by atoms with Crippen molar-refractivity contribution in [2.45, 2.75) is 38.8 Å². The highest BCUT2D eigenvalue weighted by molar-refractivity contribution is 7.91. The number of nitrogens with two attached hydrogens (primary N) is 1. The lowest BCUT2D eigenvalue weighted by atomic mass is 10.1. The second kappa shape index (κ2) is 8.03. The van der Waals surface area contributed by atoms with Crippen molar-refractivity contribution in [3.63, 3.8) is 0 Å². The Labute approximate surface area is 191 Å². The predicted octanol–water partition coefficient (Wildman–Crippen LogP) is 3.20. The Balaban J connectivity index is 1.52. The van der Waals surface area contributed by atoms with Crippen molar-refractivity contribution in [1.29, 1.82) is 0 Å². The number of fused-ring (bicyclic) bond motifs is 2. The number of pyridine rings is 1. The highest BCUT2D eigenvalue weighted by atomic mass is 32.2. The van der Waals surface area contributed by atoms with Crippen LogP contribution in [0.15, 0.2) is 36.7 Å². The summed E-state index contributed by atoms with van der Waals surface area (Å²) in [5, 5.41) is 8.64. The fourth-order valence-corrected chi connectivity index (χ4v) is 5.97. The molecule has 1 aliphatic rings. The maximum atomic E-state index is 13.7. The molecule has 4 heterocycles. The summed E-state index contributed by atoms with van der Waals surface area (Å²) in [6.45, 7) is 3.91. The van der Waals surface area contributed by atoms with Crippen molar-refractivity contribution < 1.29 is 12.8 Å². The van der Waals surface area contributed by atoms with Crippen LogP contribution in [0.2, 0.25) is 0 Å². The largest absolute Gasteiger partial charge is 0.383 e. The second-order valence-corrected chi connectivity index (χ2v) is 11.0. The molecule has 3 N–H and O–H groups in total. The van der Waals surface area contributed by atoms with Crippen LogP contribution in [0.25, 0.3) is 27.7 Å². The lowest BCUT2D eigenvalue weighted by Crippen LogP contribution is -2.39. The number of rotatable bonds is 4. The Morgan fingerprint density at radius 3 is 2.73 bits per heavy atom. The van der Waals surface area contributed by atoms with Gasteiger partial charge in [-0.05, 0) is 51.0 Å². The molecule has 1 aromatic carbocycles. The van der Waals surface area contributed by atoms with Crippen LogP contribution in [-0.2, 0) is 9.84 Å². The molecule has 1 fully saturated rings. The van der Waals surface area contributed by atoms with Crippen molar-refractivity contribution in [1.82, 2.24) is 24.9 Å². The van der Waals surface area contributed by atoms with Crippen molar-refractivity contribution >= 4 is 32.2 Å². The molecule has 0 saturated carbocycles. The topological polar surface area (TPSA) is 115 Å². The SMILES string of the molecule is Cc1c(C(C)NC2CCS(=O)(=O)CC2)nc2c(-c3cnc4ccc(F)cc4c3)cnn2c1N. The molecular formula is C23H25FN6O2S. The van der Waals surface area contributed by atoms with E-state index in [1.807, 2.05) is 19.9 Å². The Morgan fingerprint density at radius 1 is 1.21 bits per heavy atom. The van der Waals surface area contributed by atoms with Crippen LogP contribution in [0.3, 0.4) is 0 Å². The number of hydrogen-bond acceptors (Lipinski definition) is 7. The van der Waals surface area contributed by atoms with E-state index in [0.29, 0.717) is 35.2 Å². The summed E-state index contributed by atoms with van der Waals surface area (Å²) in [7, 11) is -2.92. The van der Waals surface area contributed by atoms with Crippen LogP contribution in [0.1, 0.15) is 37.1 Å². The highest BCUT2D eigenvalue weighted by Gasteiger charge is 2.26. The zero-order valence-corrected chi connectivity index (χ0v) is 19.2. The number of aromatic nitrogens is 4. The maximum absolute atomic E-state index is 13.7. The van der Waals surface area contributed by atoms with Gasteiger partial charge in [-0.3, -0.25) is 4.98 Å². The number of sulfone groups is 1. The van der Waals surface area contributed by atoms with Gasteiger partial charge in [0.05, 0.1) is 28.9 Å². The zero-order chi connectivity index (χ0) is 23.3. The second-order valence-electron chi connectivity index (χ2n) is 8.68. The molecule has 10 heteroatoms. The van der Waals surface area contributed by atoms with Crippen molar-refractivity contribution in [3.8, 4) is 11.1 Å². The van der Waals surface area contributed by atoms with E-state index in [4.69, 9.17) is 10.7 Å². The molecule has 0 radical (unpaired) electrons. The van der Waals surface area contributed by atoms with E-state index in [9.17, 15) is 12.8 Å². The number of anilines is 1. The van der Waals surface area contributed by atoms with E-state index in [0.717, 1.165) is 22.4 Å². The number of nitrogens with one attached hydrogen (secondary N) is 1. The first kappa shape index (κ1) is 21.7. The summed E-state index contributed by atoms with van der Waals surface area (Å²) >= 11 is 0. The highest BCUT2D eigenvalue weighted by Crippen LogP contribution is 2.30. The molecule has 33 heavy (non-hydrogen) atoms. The Bertz CT molecular complexity index is 1470. The summed E-state index contributed by atoms with van der Waals surface area (Å²) in [4.78, 5) is 9.35. The first-order chi connectivity index (χ1) is 15.7. The van der Waals surface area contributed by atoms with Crippen LogP contribution in [0.4, 0.5) is 10.2 Å². The molecule has 0 aliphatic carbocycles. The fourth-order valence-electron chi connectivity index (χ4n) is 4.48. The molecule has 8 nitrogen and oxygen atoms in total. The lowest BCUT2D eigenvalue weighted by molar-refractivity contribution is 0.415. The van der Waals surface area contributed by atoms with Gasteiger partial charge >= 0.3 is 0 Å². The van der Waals surface area contributed by atoms with Crippen LogP contribution < -0.4 is 11.1 Å². The molecule has 3 aromatic heterocycles. The van der Waals surface area contributed by atoms with E-state index in [2.05, 4.69) is 15.4 Å². The Morgan fingerprint density at radius 2 is 1.97 bits per heavy atom. The minimum Gasteiger partial charge on any atom is -0.383 e. The monoisotopic (exact) mass is 468 g/mol. The summed E-state index contributed by atoms with van der Waals surface area (Å²) in [6, 6.07) is 6.32. The van der Waals surface area contributed by atoms with Gasteiger partial charge < -0.3 is 11.1 Å². The van der Waals surface area contributed by atoms with Crippen molar-refractivity contribution in [2.75, 3.05) is 17.2 Å². The van der Waals surface area contributed by atoms with Crippen LogP contribution >= 0.6 is 0 Å². The van der Waals surface area contributed by atoms with Gasteiger partial charge in [-0.2, -0.15) is 9.61 Å². The van der Waals surface area contributed by atoms with E-state index in [1.165, 1.54) is 12.1 Å². The first-order valence-corrected chi connectivity index (χ1v) is 12.7. The average molecular weight is 469 g/mol. The summed E-state index contributed by atoms with van der Waals surface area (Å²) < 4.78 is 38.8. The van der Waals surface area contributed by atoms with E-state index >= 15 is 0 Å². The molecule has 1 saturated heterocycles. The molecule has 1 atom stereocenters. The number of nitrogen functional groups attached to an aromatic ring is 1. The van der Waals surface area contributed by atoms with E-state index < -0.39 is 9.84 Å². The molecule has 0 spiro atoms. The number of halogens is 1. The van der Waals surface area contributed by atoms with Crippen LogP contribution in [0, 0.1) is 12.7 Å². The van der Waals surface area contributed by atoms with Crippen LogP contribution in [0.5, 0.6) is 0 Å². The van der Waals surface area contributed by atoms with Gasteiger partial charge in [0, 0.05) is 40.4 Å². The lowest BCUT2D eigenvalue weighted by Gasteiger charge is -2.27.